The van der Waals surface area contributed by atoms with Gasteiger partial charge >= 0.3 is 5.97 Å². The topological polar surface area (TPSA) is 43.4 Å². The SMILES string of the molecule is CCCCCCC/C=C/CCCOC(=O)C(=O)c1ccccc1. The molecule has 0 radical (unpaired) electrons. The predicted molar refractivity (Wildman–Crippen MR) is 93.5 cm³/mol. The lowest BCUT2D eigenvalue weighted by atomic mass is 10.1. The number of ether oxygens (including phenoxy) is 1. The van der Waals surface area contributed by atoms with Crippen LogP contribution in [0.2, 0.25) is 0 Å². The second kappa shape index (κ2) is 12.6. The van der Waals surface area contributed by atoms with Crippen molar-refractivity contribution in [3.63, 3.8) is 0 Å². The van der Waals surface area contributed by atoms with Gasteiger partial charge in [0.15, 0.2) is 0 Å². The Kier molecular flexibility index (Phi) is 10.5. The van der Waals surface area contributed by atoms with Crippen LogP contribution >= 0.6 is 0 Å². The average molecular weight is 316 g/mol. The number of Topliss-reactive ketones (excluding diaryl/α,β-unsaturated/α-hetero) is 1. The molecule has 0 aromatic heterocycles. The van der Waals surface area contributed by atoms with Gasteiger partial charge in [-0.15, -0.1) is 0 Å². The van der Waals surface area contributed by atoms with Crippen LogP contribution in [0.5, 0.6) is 0 Å². The van der Waals surface area contributed by atoms with E-state index in [4.69, 9.17) is 4.74 Å². The largest absolute Gasteiger partial charge is 0.460 e. The quantitative estimate of drug-likeness (QED) is 0.177. The molecule has 1 aromatic rings. The van der Waals surface area contributed by atoms with Crippen molar-refractivity contribution in [2.24, 2.45) is 0 Å². The highest BCUT2D eigenvalue weighted by Gasteiger charge is 2.16. The molecule has 3 nitrogen and oxygen atoms in total. The van der Waals surface area contributed by atoms with Crippen molar-refractivity contribution in [2.75, 3.05) is 6.61 Å². The number of hydrogen-bond donors (Lipinski definition) is 0. The monoisotopic (exact) mass is 316 g/mol. The van der Waals surface area contributed by atoms with Crippen LogP contribution in [-0.4, -0.2) is 18.4 Å². The average Bonchev–Trinajstić information content (AvgIpc) is 2.59. The minimum Gasteiger partial charge on any atom is -0.460 e. The summed E-state index contributed by atoms with van der Waals surface area (Å²) >= 11 is 0. The van der Waals surface area contributed by atoms with Gasteiger partial charge in [0.2, 0.25) is 0 Å². The van der Waals surface area contributed by atoms with Gasteiger partial charge in [-0.2, -0.15) is 0 Å². The highest BCUT2D eigenvalue weighted by molar-refractivity contribution is 6.40. The second-order valence-electron chi connectivity index (χ2n) is 5.65. The van der Waals surface area contributed by atoms with E-state index in [1.807, 2.05) is 0 Å². The van der Waals surface area contributed by atoms with Gasteiger partial charge in [-0.05, 0) is 25.7 Å². The van der Waals surface area contributed by atoms with Gasteiger partial charge in [0.25, 0.3) is 5.78 Å². The lowest BCUT2D eigenvalue weighted by Gasteiger charge is -2.02. The summed E-state index contributed by atoms with van der Waals surface area (Å²) in [6.45, 7) is 2.51. The Bertz CT molecular complexity index is 477. The number of hydrogen-bond acceptors (Lipinski definition) is 3. The van der Waals surface area contributed by atoms with E-state index in [1.165, 1.54) is 32.1 Å². The Morgan fingerprint density at radius 2 is 1.57 bits per heavy atom. The Morgan fingerprint density at radius 1 is 0.913 bits per heavy atom. The minimum atomic E-state index is -0.767. The predicted octanol–water partition coefficient (Wildman–Crippen LogP) is 5.11. The van der Waals surface area contributed by atoms with Crippen LogP contribution in [0, 0.1) is 0 Å². The summed E-state index contributed by atoms with van der Waals surface area (Å²) in [5.41, 5.74) is 0.375. The number of benzene rings is 1. The maximum Gasteiger partial charge on any atom is 0.379 e. The van der Waals surface area contributed by atoms with E-state index in [-0.39, 0.29) is 6.61 Å². The molecule has 23 heavy (non-hydrogen) atoms. The summed E-state index contributed by atoms with van der Waals surface area (Å²) in [6, 6.07) is 8.50. The zero-order valence-electron chi connectivity index (χ0n) is 14.1. The number of ketones is 1. The molecule has 126 valence electrons. The summed E-state index contributed by atoms with van der Waals surface area (Å²) in [4.78, 5) is 23.4. The molecule has 0 saturated carbocycles. The molecule has 0 spiro atoms. The molecule has 1 rings (SSSR count). The second-order valence-corrected chi connectivity index (χ2v) is 5.65. The number of carbonyl (C=O) groups excluding carboxylic acids is 2. The first-order valence-electron chi connectivity index (χ1n) is 8.67. The first-order valence-corrected chi connectivity index (χ1v) is 8.67. The van der Waals surface area contributed by atoms with Crippen LogP contribution in [0.3, 0.4) is 0 Å². The molecule has 0 saturated heterocycles. The summed E-state index contributed by atoms with van der Waals surface area (Å²) in [6.07, 6.45) is 13.6. The van der Waals surface area contributed by atoms with Gasteiger partial charge in [0.05, 0.1) is 6.61 Å². The summed E-state index contributed by atoms with van der Waals surface area (Å²) in [5.74, 6) is -1.34. The van der Waals surface area contributed by atoms with Crippen molar-refractivity contribution in [1.29, 1.82) is 0 Å². The van der Waals surface area contributed by atoms with E-state index in [0.29, 0.717) is 5.56 Å². The van der Waals surface area contributed by atoms with Gasteiger partial charge in [-0.3, -0.25) is 4.79 Å². The van der Waals surface area contributed by atoms with E-state index >= 15 is 0 Å². The first-order chi connectivity index (χ1) is 11.3. The Labute approximate surface area is 139 Å². The van der Waals surface area contributed by atoms with Crippen LogP contribution in [-0.2, 0) is 9.53 Å². The van der Waals surface area contributed by atoms with Crippen LogP contribution in [0.1, 0.15) is 68.6 Å². The molecule has 0 atom stereocenters. The van der Waals surface area contributed by atoms with Crippen LogP contribution in [0.4, 0.5) is 0 Å². The maximum absolute atomic E-state index is 11.8. The van der Waals surface area contributed by atoms with E-state index in [2.05, 4.69) is 19.1 Å². The van der Waals surface area contributed by atoms with Crippen molar-refractivity contribution < 1.29 is 14.3 Å². The molecule has 1 aromatic carbocycles. The standard InChI is InChI=1S/C20H28O3/c1-2-3-4-5-6-7-8-9-10-14-17-23-20(22)19(21)18-15-12-11-13-16-18/h8-9,11-13,15-16H,2-7,10,14,17H2,1H3/b9-8+. The molecule has 0 unspecified atom stereocenters. The minimum absolute atomic E-state index is 0.290. The fourth-order valence-corrected chi connectivity index (χ4v) is 2.24. The molecule has 0 heterocycles. The lowest BCUT2D eigenvalue weighted by molar-refractivity contribution is -0.138. The molecule has 0 aliphatic rings. The number of carbonyl (C=O) groups is 2. The van der Waals surface area contributed by atoms with Crippen molar-refractivity contribution in [3.05, 3.63) is 48.0 Å². The highest BCUT2D eigenvalue weighted by atomic mass is 16.5. The molecular formula is C20H28O3. The highest BCUT2D eigenvalue weighted by Crippen LogP contribution is 2.06. The van der Waals surface area contributed by atoms with Gasteiger partial charge in [0.1, 0.15) is 0 Å². The van der Waals surface area contributed by atoms with Crippen molar-refractivity contribution in [1.82, 2.24) is 0 Å². The molecule has 0 aliphatic heterocycles. The molecule has 0 aliphatic carbocycles. The normalized spacial score (nSPS) is 10.8. The molecule has 0 amide bonds. The summed E-state index contributed by atoms with van der Waals surface area (Å²) in [5, 5.41) is 0. The van der Waals surface area contributed by atoms with Crippen molar-refractivity contribution >= 4 is 11.8 Å². The zero-order chi connectivity index (χ0) is 16.8. The molecule has 3 heteroatoms. The van der Waals surface area contributed by atoms with Crippen LogP contribution < -0.4 is 0 Å². The zero-order valence-corrected chi connectivity index (χ0v) is 14.1. The van der Waals surface area contributed by atoms with Gasteiger partial charge in [-0.25, -0.2) is 4.79 Å². The number of unbranched alkanes of at least 4 members (excludes halogenated alkanes) is 6. The third kappa shape index (κ3) is 8.97. The fourth-order valence-electron chi connectivity index (χ4n) is 2.24. The summed E-state index contributed by atoms with van der Waals surface area (Å²) in [7, 11) is 0. The molecular weight excluding hydrogens is 288 g/mol. The van der Waals surface area contributed by atoms with Crippen molar-refractivity contribution in [3.8, 4) is 0 Å². The third-order valence-corrected chi connectivity index (χ3v) is 3.61. The first kappa shape index (κ1) is 19.1. The van der Waals surface area contributed by atoms with E-state index in [1.54, 1.807) is 30.3 Å². The Hall–Kier alpha value is -1.90. The number of rotatable bonds is 12. The maximum atomic E-state index is 11.8. The van der Waals surface area contributed by atoms with Crippen molar-refractivity contribution in [2.45, 2.75) is 58.3 Å². The van der Waals surface area contributed by atoms with Gasteiger partial charge in [0, 0.05) is 5.56 Å². The summed E-state index contributed by atoms with van der Waals surface area (Å²) < 4.78 is 5.01. The fraction of sp³-hybridized carbons (Fsp3) is 0.500. The van der Waals surface area contributed by atoms with Crippen LogP contribution in [0.25, 0.3) is 0 Å². The number of esters is 1. The Morgan fingerprint density at radius 3 is 2.26 bits per heavy atom. The molecule has 0 fully saturated rings. The van der Waals surface area contributed by atoms with E-state index in [9.17, 15) is 9.59 Å². The lowest BCUT2D eigenvalue weighted by Crippen LogP contribution is -2.18. The van der Waals surface area contributed by atoms with Gasteiger partial charge < -0.3 is 4.74 Å². The Balaban J connectivity index is 2.04. The van der Waals surface area contributed by atoms with Gasteiger partial charge in [-0.1, -0.05) is 75.1 Å². The van der Waals surface area contributed by atoms with E-state index in [0.717, 1.165) is 19.3 Å². The van der Waals surface area contributed by atoms with E-state index < -0.39 is 11.8 Å². The molecule has 0 bridgehead atoms. The van der Waals surface area contributed by atoms with Crippen LogP contribution in [0.15, 0.2) is 42.5 Å². The number of allylic oxidation sites excluding steroid dienone is 2. The third-order valence-electron chi connectivity index (χ3n) is 3.61. The smallest absolute Gasteiger partial charge is 0.379 e. The molecule has 0 N–H and O–H groups in total.